The van der Waals surface area contributed by atoms with Crippen LogP contribution in [0.25, 0.3) is 0 Å². The molecule has 3 heteroatoms. The van der Waals surface area contributed by atoms with Crippen LogP contribution in [-0.4, -0.2) is 20.3 Å². The smallest absolute Gasteiger partial charge is 0.141 e. The highest BCUT2D eigenvalue weighted by Gasteiger charge is 2.01. The molecule has 0 aromatic heterocycles. The second kappa shape index (κ2) is 6.85. The van der Waals surface area contributed by atoms with Crippen LogP contribution in [0.4, 0.5) is 5.69 Å². The number of para-hydroxylation sites is 2. The zero-order valence-corrected chi connectivity index (χ0v) is 12.3. The summed E-state index contributed by atoms with van der Waals surface area (Å²) in [6.45, 7) is 5.53. The molecule has 3 nitrogen and oxygen atoms in total. The average Bonchev–Trinajstić information content (AvgIpc) is 2.47. The molecule has 0 aliphatic rings. The van der Waals surface area contributed by atoms with Crippen LogP contribution < -0.4 is 14.8 Å². The van der Waals surface area contributed by atoms with Crippen molar-refractivity contribution in [1.29, 1.82) is 0 Å². The van der Waals surface area contributed by atoms with E-state index in [1.807, 2.05) is 30.3 Å². The largest absolute Gasteiger partial charge is 0.495 e. The van der Waals surface area contributed by atoms with Gasteiger partial charge in [0.1, 0.15) is 18.1 Å². The molecule has 0 aliphatic heterocycles. The highest BCUT2D eigenvalue weighted by Crippen LogP contribution is 2.22. The molecular weight excluding hydrogens is 250 g/mol. The third-order valence-electron chi connectivity index (χ3n) is 3.27. The van der Waals surface area contributed by atoms with Gasteiger partial charge in [-0.25, -0.2) is 0 Å². The van der Waals surface area contributed by atoms with Gasteiger partial charge in [-0.1, -0.05) is 18.2 Å². The Kier molecular flexibility index (Phi) is 4.88. The molecule has 0 spiro atoms. The van der Waals surface area contributed by atoms with E-state index in [-0.39, 0.29) is 0 Å². The van der Waals surface area contributed by atoms with Crippen LogP contribution >= 0.6 is 0 Å². The Labute approximate surface area is 120 Å². The highest BCUT2D eigenvalue weighted by atomic mass is 16.5. The first-order chi connectivity index (χ1) is 9.70. The Morgan fingerprint density at radius 3 is 2.55 bits per heavy atom. The normalized spacial score (nSPS) is 10.2. The second-order valence-electron chi connectivity index (χ2n) is 4.72. The number of benzene rings is 2. The molecule has 0 atom stereocenters. The molecule has 2 aromatic rings. The van der Waals surface area contributed by atoms with Crippen LogP contribution in [0, 0.1) is 13.8 Å². The SMILES string of the molecule is COc1ccccc1NCCOc1ccc(C)c(C)c1. The fourth-order valence-electron chi connectivity index (χ4n) is 1.95. The van der Waals surface area contributed by atoms with Gasteiger partial charge in [-0.2, -0.15) is 0 Å². The van der Waals surface area contributed by atoms with Crippen molar-refractivity contribution >= 4 is 5.69 Å². The third-order valence-corrected chi connectivity index (χ3v) is 3.27. The maximum atomic E-state index is 5.73. The van der Waals surface area contributed by atoms with Crippen molar-refractivity contribution in [1.82, 2.24) is 0 Å². The molecule has 0 bridgehead atoms. The van der Waals surface area contributed by atoms with Gasteiger partial charge in [-0.15, -0.1) is 0 Å². The van der Waals surface area contributed by atoms with Gasteiger partial charge in [0.05, 0.1) is 12.8 Å². The van der Waals surface area contributed by atoms with E-state index in [2.05, 4.69) is 31.3 Å². The lowest BCUT2D eigenvalue weighted by atomic mass is 10.1. The molecule has 106 valence electrons. The monoisotopic (exact) mass is 271 g/mol. The van der Waals surface area contributed by atoms with Gasteiger partial charge < -0.3 is 14.8 Å². The van der Waals surface area contributed by atoms with E-state index in [4.69, 9.17) is 9.47 Å². The number of aryl methyl sites for hydroxylation is 2. The lowest BCUT2D eigenvalue weighted by molar-refractivity contribution is 0.332. The number of ether oxygens (including phenoxy) is 2. The van der Waals surface area contributed by atoms with Crippen molar-refractivity contribution in [2.45, 2.75) is 13.8 Å². The van der Waals surface area contributed by atoms with Gasteiger partial charge >= 0.3 is 0 Å². The number of nitrogens with one attached hydrogen (secondary N) is 1. The van der Waals surface area contributed by atoms with E-state index in [1.54, 1.807) is 7.11 Å². The molecule has 0 radical (unpaired) electrons. The molecule has 0 amide bonds. The summed E-state index contributed by atoms with van der Waals surface area (Å²) in [5, 5.41) is 3.31. The highest BCUT2D eigenvalue weighted by molar-refractivity contribution is 5.56. The van der Waals surface area contributed by atoms with Gasteiger partial charge in [-0.3, -0.25) is 0 Å². The van der Waals surface area contributed by atoms with Crippen molar-refractivity contribution in [3.05, 3.63) is 53.6 Å². The van der Waals surface area contributed by atoms with Crippen molar-refractivity contribution in [3.8, 4) is 11.5 Å². The first-order valence-electron chi connectivity index (χ1n) is 6.77. The van der Waals surface area contributed by atoms with E-state index >= 15 is 0 Å². The summed E-state index contributed by atoms with van der Waals surface area (Å²) in [6.07, 6.45) is 0. The van der Waals surface area contributed by atoms with Crippen LogP contribution in [0.1, 0.15) is 11.1 Å². The summed E-state index contributed by atoms with van der Waals surface area (Å²) in [4.78, 5) is 0. The Morgan fingerprint density at radius 1 is 1.00 bits per heavy atom. The summed E-state index contributed by atoms with van der Waals surface area (Å²) in [5.41, 5.74) is 3.52. The van der Waals surface area contributed by atoms with Gasteiger partial charge in [0.15, 0.2) is 0 Å². The number of methoxy groups -OCH3 is 1. The van der Waals surface area contributed by atoms with Gasteiger partial charge in [0, 0.05) is 6.54 Å². The van der Waals surface area contributed by atoms with Crippen molar-refractivity contribution in [3.63, 3.8) is 0 Å². The number of rotatable bonds is 6. The van der Waals surface area contributed by atoms with Gasteiger partial charge in [0.25, 0.3) is 0 Å². The fraction of sp³-hybridized carbons (Fsp3) is 0.294. The molecule has 1 N–H and O–H groups in total. The molecule has 0 fully saturated rings. The maximum Gasteiger partial charge on any atom is 0.141 e. The minimum atomic E-state index is 0.612. The molecule has 0 unspecified atom stereocenters. The number of anilines is 1. The summed E-state index contributed by atoms with van der Waals surface area (Å²) in [5.74, 6) is 1.76. The minimum Gasteiger partial charge on any atom is -0.495 e. The van der Waals surface area contributed by atoms with Crippen molar-refractivity contribution < 1.29 is 9.47 Å². The number of hydrogen-bond acceptors (Lipinski definition) is 3. The minimum absolute atomic E-state index is 0.612. The molecular formula is C17H21NO2. The molecule has 0 saturated heterocycles. The molecule has 0 heterocycles. The standard InChI is InChI=1S/C17H21NO2/c1-13-8-9-15(12-14(13)2)20-11-10-18-16-6-4-5-7-17(16)19-3/h4-9,12,18H,10-11H2,1-3H3. The lowest BCUT2D eigenvalue weighted by Crippen LogP contribution is -2.12. The first-order valence-corrected chi connectivity index (χ1v) is 6.77. The van der Waals surface area contributed by atoms with Crippen LogP contribution in [-0.2, 0) is 0 Å². The van der Waals surface area contributed by atoms with E-state index in [0.717, 1.165) is 23.7 Å². The fourth-order valence-corrected chi connectivity index (χ4v) is 1.95. The third kappa shape index (κ3) is 3.67. The Morgan fingerprint density at radius 2 is 1.80 bits per heavy atom. The molecule has 2 rings (SSSR count). The van der Waals surface area contributed by atoms with Crippen LogP contribution in [0.5, 0.6) is 11.5 Å². The van der Waals surface area contributed by atoms with Crippen molar-refractivity contribution in [2.24, 2.45) is 0 Å². The lowest BCUT2D eigenvalue weighted by Gasteiger charge is -2.12. The Hall–Kier alpha value is -2.16. The van der Waals surface area contributed by atoms with E-state index in [9.17, 15) is 0 Å². The maximum absolute atomic E-state index is 5.73. The predicted molar refractivity (Wildman–Crippen MR) is 82.9 cm³/mol. The van der Waals surface area contributed by atoms with Crippen LogP contribution in [0.15, 0.2) is 42.5 Å². The predicted octanol–water partition coefficient (Wildman–Crippen LogP) is 3.80. The molecule has 0 saturated carbocycles. The first kappa shape index (κ1) is 14.3. The summed E-state index contributed by atoms with van der Waals surface area (Å²) < 4.78 is 11.0. The molecule has 2 aromatic carbocycles. The van der Waals surface area contributed by atoms with E-state index < -0.39 is 0 Å². The second-order valence-corrected chi connectivity index (χ2v) is 4.72. The van der Waals surface area contributed by atoms with E-state index in [1.165, 1.54) is 11.1 Å². The zero-order valence-electron chi connectivity index (χ0n) is 12.3. The van der Waals surface area contributed by atoms with E-state index in [0.29, 0.717) is 6.61 Å². The summed E-state index contributed by atoms with van der Waals surface area (Å²) in [6, 6.07) is 14.0. The quantitative estimate of drug-likeness (QED) is 0.811. The number of hydrogen-bond donors (Lipinski definition) is 1. The zero-order chi connectivity index (χ0) is 14.4. The van der Waals surface area contributed by atoms with Crippen LogP contribution in [0.3, 0.4) is 0 Å². The Balaban J connectivity index is 1.83. The Bertz CT molecular complexity index is 567. The molecule has 0 aliphatic carbocycles. The van der Waals surface area contributed by atoms with Gasteiger partial charge in [0.2, 0.25) is 0 Å². The van der Waals surface area contributed by atoms with Gasteiger partial charge in [-0.05, 0) is 49.2 Å². The topological polar surface area (TPSA) is 30.5 Å². The van der Waals surface area contributed by atoms with Crippen LogP contribution in [0.2, 0.25) is 0 Å². The average molecular weight is 271 g/mol. The molecule has 20 heavy (non-hydrogen) atoms. The summed E-state index contributed by atoms with van der Waals surface area (Å²) in [7, 11) is 1.67. The summed E-state index contributed by atoms with van der Waals surface area (Å²) >= 11 is 0. The van der Waals surface area contributed by atoms with Crippen molar-refractivity contribution in [2.75, 3.05) is 25.6 Å².